The van der Waals surface area contributed by atoms with Crippen LogP contribution in [0.3, 0.4) is 0 Å². The van der Waals surface area contributed by atoms with E-state index in [1.165, 1.54) is 0 Å². The van der Waals surface area contributed by atoms with Crippen molar-refractivity contribution in [2.24, 2.45) is 0 Å². The Balaban J connectivity index is 1.63. The molecule has 1 aromatic heterocycles. The van der Waals surface area contributed by atoms with E-state index in [1.807, 2.05) is 32.0 Å². The van der Waals surface area contributed by atoms with Crippen molar-refractivity contribution in [3.63, 3.8) is 0 Å². The average Bonchev–Trinajstić information content (AvgIpc) is 2.60. The fourth-order valence-electron chi connectivity index (χ4n) is 2.93. The van der Waals surface area contributed by atoms with Crippen LogP contribution in [0.4, 0.5) is 11.6 Å². The maximum absolute atomic E-state index is 10.4. The first-order valence-corrected chi connectivity index (χ1v) is 8.27. The molecule has 6 nitrogen and oxygen atoms in total. The number of nitrogens with one attached hydrogen (secondary N) is 1. The molecule has 6 heteroatoms. The molecule has 128 valence electrons. The summed E-state index contributed by atoms with van der Waals surface area (Å²) in [5, 5.41) is 13.6. The number of aryl methyl sites for hydroxylation is 2. The Morgan fingerprint density at radius 1 is 1.12 bits per heavy atom. The highest BCUT2D eigenvalue weighted by Crippen LogP contribution is 2.19. The summed E-state index contributed by atoms with van der Waals surface area (Å²) in [6.45, 7) is 7.59. The van der Waals surface area contributed by atoms with Gasteiger partial charge in [0.25, 0.3) is 0 Å². The molecule has 1 aliphatic heterocycles. The number of aliphatic hydroxyl groups is 1. The van der Waals surface area contributed by atoms with Crippen LogP contribution < -0.4 is 10.2 Å². The summed E-state index contributed by atoms with van der Waals surface area (Å²) < 4.78 is 5.36. The number of hydrogen-bond acceptors (Lipinski definition) is 6. The van der Waals surface area contributed by atoms with Gasteiger partial charge >= 0.3 is 0 Å². The molecule has 3 rings (SSSR count). The molecule has 1 aliphatic rings. The monoisotopic (exact) mass is 328 g/mol. The molecule has 0 bridgehead atoms. The van der Waals surface area contributed by atoms with Gasteiger partial charge in [0.2, 0.25) is 0 Å². The Kier molecular flexibility index (Phi) is 5.27. The molecule has 0 spiro atoms. The summed E-state index contributed by atoms with van der Waals surface area (Å²) in [6.07, 6.45) is 0.974. The van der Waals surface area contributed by atoms with E-state index in [1.54, 1.807) is 6.33 Å². The van der Waals surface area contributed by atoms with Gasteiger partial charge in [0, 0.05) is 25.7 Å². The minimum atomic E-state index is -0.578. The number of aliphatic hydroxyl groups excluding tert-OH is 1. The van der Waals surface area contributed by atoms with Crippen molar-refractivity contribution in [3.8, 4) is 0 Å². The standard InChI is InChI=1S/C18H24N4O2/c1-13-7-14(2)9-15(8-13)16(23)11-19-17-10-18(21-12-20-17)22-3-5-24-6-4-22/h7-10,12,16,23H,3-6,11H2,1-2H3,(H,19,20,21)/t16-/m0/s1. The van der Waals surface area contributed by atoms with Gasteiger partial charge in [-0.05, 0) is 19.4 Å². The molecule has 0 amide bonds. The number of aromatic nitrogens is 2. The van der Waals surface area contributed by atoms with Crippen molar-refractivity contribution in [2.45, 2.75) is 20.0 Å². The van der Waals surface area contributed by atoms with Crippen molar-refractivity contribution >= 4 is 11.6 Å². The van der Waals surface area contributed by atoms with Crippen LogP contribution in [0, 0.1) is 13.8 Å². The van der Waals surface area contributed by atoms with Gasteiger partial charge in [0.1, 0.15) is 18.0 Å². The van der Waals surface area contributed by atoms with Crippen molar-refractivity contribution < 1.29 is 9.84 Å². The summed E-state index contributed by atoms with van der Waals surface area (Å²) in [5.74, 6) is 1.60. The third-order valence-corrected chi connectivity index (χ3v) is 4.09. The zero-order chi connectivity index (χ0) is 16.9. The highest BCUT2D eigenvalue weighted by atomic mass is 16.5. The Morgan fingerprint density at radius 2 is 1.83 bits per heavy atom. The van der Waals surface area contributed by atoms with Gasteiger partial charge in [-0.25, -0.2) is 9.97 Å². The van der Waals surface area contributed by atoms with Gasteiger partial charge in [0.05, 0.1) is 19.3 Å². The fourth-order valence-corrected chi connectivity index (χ4v) is 2.93. The molecule has 1 atom stereocenters. The highest BCUT2D eigenvalue weighted by molar-refractivity contribution is 5.48. The minimum absolute atomic E-state index is 0.405. The second-order valence-corrected chi connectivity index (χ2v) is 6.18. The minimum Gasteiger partial charge on any atom is -0.387 e. The molecule has 24 heavy (non-hydrogen) atoms. The first-order valence-electron chi connectivity index (χ1n) is 8.27. The summed E-state index contributed by atoms with van der Waals surface area (Å²) in [5.41, 5.74) is 3.23. The van der Waals surface area contributed by atoms with Gasteiger partial charge in [-0.3, -0.25) is 0 Å². The van der Waals surface area contributed by atoms with Gasteiger partial charge < -0.3 is 20.1 Å². The van der Waals surface area contributed by atoms with Gasteiger partial charge in [-0.15, -0.1) is 0 Å². The molecule has 2 N–H and O–H groups in total. The van der Waals surface area contributed by atoms with Gasteiger partial charge in [-0.2, -0.15) is 0 Å². The number of anilines is 2. The second-order valence-electron chi connectivity index (χ2n) is 6.18. The van der Waals surface area contributed by atoms with Crippen LogP contribution in [0.25, 0.3) is 0 Å². The molecular weight excluding hydrogens is 304 g/mol. The fraction of sp³-hybridized carbons (Fsp3) is 0.444. The number of nitrogens with zero attached hydrogens (tertiary/aromatic N) is 3. The van der Waals surface area contributed by atoms with E-state index >= 15 is 0 Å². The topological polar surface area (TPSA) is 70.5 Å². The van der Waals surface area contributed by atoms with Crippen molar-refractivity contribution in [1.29, 1.82) is 0 Å². The highest BCUT2D eigenvalue weighted by Gasteiger charge is 2.14. The van der Waals surface area contributed by atoms with E-state index in [0.717, 1.165) is 54.6 Å². The van der Waals surface area contributed by atoms with Gasteiger partial charge in [-0.1, -0.05) is 29.3 Å². The maximum Gasteiger partial charge on any atom is 0.134 e. The molecule has 1 saturated heterocycles. The Hall–Kier alpha value is -2.18. The zero-order valence-corrected chi connectivity index (χ0v) is 14.2. The average molecular weight is 328 g/mol. The quantitative estimate of drug-likeness (QED) is 0.876. The second kappa shape index (κ2) is 7.59. The first kappa shape index (κ1) is 16.7. The third-order valence-electron chi connectivity index (χ3n) is 4.09. The SMILES string of the molecule is Cc1cc(C)cc([C@@H](O)CNc2cc(N3CCOCC3)ncn2)c1. The molecule has 0 aliphatic carbocycles. The Bertz CT molecular complexity index is 666. The van der Waals surface area contributed by atoms with E-state index < -0.39 is 6.10 Å². The van der Waals surface area contributed by atoms with Crippen molar-refractivity contribution in [2.75, 3.05) is 43.1 Å². The van der Waals surface area contributed by atoms with Gasteiger partial charge in [0.15, 0.2) is 0 Å². The molecule has 0 unspecified atom stereocenters. The largest absolute Gasteiger partial charge is 0.387 e. The van der Waals surface area contributed by atoms with Crippen LogP contribution in [-0.4, -0.2) is 47.9 Å². The zero-order valence-electron chi connectivity index (χ0n) is 14.2. The van der Waals surface area contributed by atoms with Crippen LogP contribution in [0.1, 0.15) is 22.8 Å². The molecule has 0 radical (unpaired) electrons. The van der Waals surface area contributed by atoms with E-state index in [4.69, 9.17) is 4.74 Å². The summed E-state index contributed by atoms with van der Waals surface area (Å²) in [4.78, 5) is 10.7. The predicted octanol–water partition coefficient (Wildman–Crippen LogP) is 2.08. The Labute approximate surface area is 142 Å². The van der Waals surface area contributed by atoms with Crippen LogP contribution in [0.15, 0.2) is 30.6 Å². The molecule has 2 heterocycles. The predicted molar refractivity (Wildman–Crippen MR) is 94.4 cm³/mol. The van der Waals surface area contributed by atoms with Crippen LogP contribution >= 0.6 is 0 Å². The number of morpholine rings is 1. The van der Waals surface area contributed by atoms with Crippen LogP contribution in [0.2, 0.25) is 0 Å². The Morgan fingerprint density at radius 3 is 2.54 bits per heavy atom. The van der Waals surface area contributed by atoms with E-state index in [9.17, 15) is 5.11 Å². The number of hydrogen-bond donors (Lipinski definition) is 2. The third kappa shape index (κ3) is 4.21. The van der Waals surface area contributed by atoms with Crippen LogP contribution in [-0.2, 0) is 4.74 Å². The summed E-state index contributed by atoms with van der Waals surface area (Å²) in [7, 11) is 0. The summed E-state index contributed by atoms with van der Waals surface area (Å²) in [6, 6.07) is 8.04. The maximum atomic E-state index is 10.4. The van der Waals surface area contributed by atoms with E-state index in [-0.39, 0.29) is 0 Å². The van der Waals surface area contributed by atoms with Crippen molar-refractivity contribution in [3.05, 3.63) is 47.3 Å². The number of benzene rings is 1. The lowest BCUT2D eigenvalue weighted by Gasteiger charge is -2.27. The molecule has 1 fully saturated rings. The number of ether oxygens (including phenoxy) is 1. The van der Waals surface area contributed by atoms with Crippen molar-refractivity contribution in [1.82, 2.24) is 9.97 Å². The number of rotatable bonds is 5. The lowest BCUT2D eigenvalue weighted by molar-refractivity contribution is 0.122. The lowest BCUT2D eigenvalue weighted by Crippen LogP contribution is -2.36. The molecule has 2 aromatic rings. The first-order chi connectivity index (χ1) is 11.6. The molecular formula is C18H24N4O2. The summed E-state index contributed by atoms with van der Waals surface area (Å²) >= 11 is 0. The van der Waals surface area contributed by atoms with E-state index in [0.29, 0.717) is 6.54 Å². The van der Waals surface area contributed by atoms with Crippen LogP contribution in [0.5, 0.6) is 0 Å². The molecule has 0 saturated carbocycles. The lowest BCUT2D eigenvalue weighted by atomic mass is 10.0. The normalized spacial score (nSPS) is 16.0. The molecule has 1 aromatic carbocycles. The van der Waals surface area contributed by atoms with E-state index in [2.05, 4.69) is 26.3 Å². The smallest absolute Gasteiger partial charge is 0.134 e.